The van der Waals surface area contributed by atoms with Crippen LogP contribution in [0.4, 0.5) is 0 Å². The molecule has 0 unspecified atom stereocenters. The molecule has 2 N–H and O–H groups in total. The molecule has 1 aliphatic rings. The Hall–Kier alpha value is -0.560. The van der Waals surface area contributed by atoms with Gasteiger partial charge in [-0.25, -0.2) is 4.98 Å². The van der Waals surface area contributed by atoms with Gasteiger partial charge < -0.3 is 10.6 Å². The molecule has 6 heteroatoms. The van der Waals surface area contributed by atoms with Gasteiger partial charge in [-0.3, -0.25) is 4.99 Å². The molecule has 1 heterocycles. The van der Waals surface area contributed by atoms with Crippen molar-refractivity contribution < 1.29 is 0 Å². The minimum Gasteiger partial charge on any atom is -0.356 e. The number of nitrogens with zero attached hydrogens (tertiary/aromatic N) is 2. The molecular weight excluding hydrogens is 363 g/mol. The quantitative estimate of drug-likeness (QED) is 0.364. The Morgan fingerprint density at radius 2 is 2.28 bits per heavy atom. The van der Waals surface area contributed by atoms with Crippen LogP contribution in [0.15, 0.2) is 23.3 Å². The van der Waals surface area contributed by atoms with Crippen LogP contribution in [-0.4, -0.2) is 30.6 Å². The monoisotopic (exact) mass is 380 g/mol. The van der Waals surface area contributed by atoms with Gasteiger partial charge in [0.05, 0.1) is 0 Å². The predicted octanol–water partition coefficient (Wildman–Crippen LogP) is 2.22. The molecule has 1 fully saturated rings. The van der Waals surface area contributed by atoms with Gasteiger partial charge in [0.1, 0.15) is 5.15 Å². The van der Waals surface area contributed by atoms with Crippen LogP contribution in [0.2, 0.25) is 5.15 Å². The number of rotatable bonds is 4. The summed E-state index contributed by atoms with van der Waals surface area (Å²) in [6.45, 7) is 0.843. The number of nitrogens with one attached hydrogen (secondary N) is 2. The highest BCUT2D eigenvalue weighted by molar-refractivity contribution is 14.0. The summed E-state index contributed by atoms with van der Waals surface area (Å²) >= 11 is 5.73. The third-order valence-corrected chi connectivity index (χ3v) is 2.86. The van der Waals surface area contributed by atoms with Gasteiger partial charge in [-0.05, 0) is 30.9 Å². The Morgan fingerprint density at radius 3 is 2.83 bits per heavy atom. The molecule has 1 aromatic rings. The highest BCUT2D eigenvalue weighted by Gasteiger charge is 2.21. The molecular formula is C12H18ClIN4. The number of pyridine rings is 1. The van der Waals surface area contributed by atoms with Gasteiger partial charge >= 0.3 is 0 Å². The summed E-state index contributed by atoms with van der Waals surface area (Å²) in [6.07, 6.45) is 5.22. The highest BCUT2D eigenvalue weighted by atomic mass is 127. The molecule has 18 heavy (non-hydrogen) atoms. The molecule has 0 atom stereocenters. The van der Waals surface area contributed by atoms with E-state index in [9.17, 15) is 0 Å². The van der Waals surface area contributed by atoms with Gasteiger partial charge in [0, 0.05) is 25.8 Å². The van der Waals surface area contributed by atoms with Crippen LogP contribution in [0.3, 0.4) is 0 Å². The van der Waals surface area contributed by atoms with Crippen molar-refractivity contribution >= 4 is 41.5 Å². The summed E-state index contributed by atoms with van der Waals surface area (Å²) in [7, 11) is 1.79. The molecule has 4 nitrogen and oxygen atoms in total. The Labute approximate surface area is 130 Å². The fourth-order valence-electron chi connectivity index (χ4n) is 1.50. The average molecular weight is 381 g/mol. The third kappa shape index (κ3) is 5.39. The number of halogens is 2. The van der Waals surface area contributed by atoms with E-state index in [-0.39, 0.29) is 24.0 Å². The van der Waals surface area contributed by atoms with Gasteiger partial charge in [0.15, 0.2) is 5.96 Å². The van der Waals surface area contributed by atoms with E-state index in [4.69, 9.17) is 11.6 Å². The predicted molar refractivity (Wildman–Crippen MR) is 85.9 cm³/mol. The lowest BCUT2D eigenvalue weighted by atomic mass is 10.2. The van der Waals surface area contributed by atoms with Crippen LogP contribution in [-0.2, 0) is 6.42 Å². The van der Waals surface area contributed by atoms with E-state index in [1.54, 1.807) is 13.2 Å². The molecule has 2 rings (SSSR count). The Balaban J connectivity index is 0.00000162. The summed E-state index contributed by atoms with van der Waals surface area (Å²) in [6, 6.07) is 4.43. The fourth-order valence-corrected chi connectivity index (χ4v) is 1.61. The first-order valence-corrected chi connectivity index (χ1v) is 6.23. The van der Waals surface area contributed by atoms with Crippen molar-refractivity contribution in [1.29, 1.82) is 0 Å². The first-order valence-electron chi connectivity index (χ1n) is 5.85. The van der Waals surface area contributed by atoms with Gasteiger partial charge in [-0.1, -0.05) is 17.7 Å². The number of aliphatic imine (C=N–C) groups is 1. The maximum Gasteiger partial charge on any atom is 0.191 e. The van der Waals surface area contributed by atoms with Crippen molar-refractivity contribution in [1.82, 2.24) is 15.6 Å². The zero-order valence-electron chi connectivity index (χ0n) is 10.3. The molecule has 1 aliphatic carbocycles. The SMILES string of the molecule is CN=C(NCCc1ccc(Cl)nc1)NC1CC1.I. The summed E-state index contributed by atoms with van der Waals surface area (Å²) in [5.74, 6) is 0.884. The zero-order valence-corrected chi connectivity index (χ0v) is 13.4. The van der Waals surface area contributed by atoms with E-state index in [2.05, 4.69) is 20.6 Å². The summed E-state index contributed by atoms with van der Waals surface area (Å²) < 4.78 is 0. The second-order valence-corrected chi connectivity index (χ2v) is 4.54. The zero-order chi connectivity index (χ0) is 12.1. The van der Waals surface area contributed by atoms with Crippen molar-refractivity contribution in [3.05, 3.63) is 29.0 Å². The lowest BCUT2D eigenvalue weighted by molar-refractivity contribution is 0.790. The van der Waals surface area contributed by atoms with Crippen molar-refractivity contribution in [2.45, 2.75) is 25.3 Å². The number of hydrogen-bond donors (Lipinski definition) is 2. The van der Waals surface area contributed by atoms with Crippen molar-refractivity contribution in [2.75, 3.05) is 13.6 Å². The molecule has 0 spiro atoms. The smallest absolute Gasteiger partial charge is 0.191 e. The summed E-state index contributed by atoms with van der Waals surface area (Å²) in [5.41, 5.74) is 1.17. The lowest BCUT2D eigenvalue weighted by Gasteiger charge is -2.10. The van der Waals surface area contributed by atoms with Crippen LogP contribution in [0.5, 0.6) is 0 Å². The Morgan fingerprint density at radius 1 is 1.50 bits per heavy atom. The third-order valence-electron chi connectivity index (χ3n) is 2.64. The average Bonchev–Trinajstić information content (AvgIpc) is 3.14. The largest absolute Gasteiger partial charge is 0.356 e. The Bertz CT molecular complexity index is 390. The maximum absolute atomic E-state index is 5.73. The van der Waals surface area contributed by atoms with Crippen LogP contribution >= 0.6 is 35.6 Å². The number of hydrogen-bond acceptors (Lipinski definition) is 2. The fraction of sp³-hybridized carbons (Fsp3) is 0.500. The molecule has 0 radical (unpaired) electrons. The highest BCUT2D eigenvalue weighted by Crippen LogP contribution is 2.18. The van der Waals surface area contributed by atoms with Gasteiger partial charge in [0.25, 0.3) is 0 Å². The van der Waals surface area contributed by atoms with Gasteiger partial charge in [-0.15, -0.1) is 24.0 Å². The van der Waals surface area contributed by atoms with Gasteiger partial charge in [0.2, 0.25) is 0 Å². The van der Waals surface area contributed by atoms with E-state index in [1.807, 2.05) is 12.1 Å². The van der Waals surface area contributed by atoms with E-state index in [0.717, 1.165) is 18.9 Å². The molecule has 1 aromatic heterocycles. The molecule has 0 bridgehead atoms. The summed E-state index contributed by atoms with van der Waals surface area (Å²) in [4.78, 5) is 8.22. The molecule has 1 saturated carbocycles. The second-order valence-electron chi connectivity index (χ2n) is 4.16. The molecule has 0 saturated heterocycles. The van der Waals surface area contributed by atoms with Crippen LogP contribution in [0.1, 0.15) is 18.4 Å². The van der Waals surface area contributed by atoms with E-state index in [0.29, 0.717) is 11.2 Å². The first-order chi connectivity index (χ1) is 8.28. The van der Waals surface area contributed by atoms with Crippen molar-refractivity contribution in [2.24, 2.45) is 4.99 Å². The normalized spacial score (nSPS) is 14.9. The number of guanidine groups is 1. The van der Waals surface area contributed by atoms with Crippen molar-refractivity contribution in [3.63, 3.8) is 0 Å². The molecule has 0 aliphatic heterocycles. The standard InChI is InChI=1S/C12H17ClN4.HI/c1-14-12(17-10-3-4-10)15-7-6-9-2-5-11(13)16-8-9;/h2,5,8,10H,3-4,6-7H2,1H3,(H2,14,15,17);1H. The first kappa shape index (κ1) is 15.5. The van der Waals surface area contributed by atoms with Crippen LogP contribution in [0, 0.1) is 0 Å². The van der Waals surface area contributed by atoms with E-state index < -0.39 is 0 Å². The van der Waals surface area contributed by atoms with Crippen molar-refractivity contribution in [3.8, 4) is 0 Å². The minimum absolute atomic E-state index is 0. The van der Waals surface area contributed by atoms with Gasteiger partial charge in [-0.2, -0.15) is 0 Å². The summed E-state index contributed by atoms with van der Waals surface area (Å²) in [5, 5.41) is 7.16. The maximum atomic E-state index is 5.73. The Kier molecular flexibility index (Phi) is 6.70. The number of aromatic nitrogens is 1. The molecule has 0 aromatic carbocycles. The van der Waals surface area contributed by atoms with Crippen LogP contribution in [0.25, 0.3) is 0 Å². The van der Waals surface area contributed by atoms with Crippen LogP contribution < -0.4 is 10.6 Å². The van der Waals surface area contributed by atoms with E-state index >= 15 is 0 Å². The van der Waals surface area contributed by atoms with E-state index in [1.165, 1.54) is 18.4 Å². The second kappa shape index (κ2) is 7.78. The molecule has 0 amide bonds. The lowest BCUT2D eigenvalue weighted by Crippen LogP contribution is -2.39. The minimum atomic E-state index is 0. The molecule has 100 valence electrons. The topological polar surface area (TPSA) is 49.3 Å².